The molecule has 2 aliphatic rings. The average molecular weight is 554 g/mol. The quantitative estimate of drug-likeness (QED) is 0.401. The van der Waals surface area contributed by atoms with Crippen molar-refractivity contribution >= 4 is 40.5 Å². The van der Waals surface area contributed by atoms with Gasteiger partial charge in [0.25, 0.3) is 5.91 Å². The van der Waals surface area contributed by atoms with E-state index in [2.05, 4.69) is 29.1 Å². The predicted molar refractivity (Wildman–Crippen MR) is 158 cm³/mol. The third kappa shape index (κ3) is 7.46. The van der Waals surface area contributed by atoms with E-state index in [4.69, 9.17) is 21.7 Å². The van der Waals surface area contributed by atoms with Gasteiger partial charge in [-0.25, -0.2) is 0 Å². The molecule has 2 fully saturated rings. The molecule has 0 unspecified atom stereocenters. The van der Waals surface area contributed by atoms with Crippen LogP contribution in [0, 0.1) is 0 Å². The van der Waals surface area contributed by atoms with Gasteiger partial charge in [-0.3, -0.25) is 14.5 Å². The van der Waals surface area contributed by atoms with Crippen LogP contribution in [0.5, 0.6) is 11.5 Å². The Hall–Kier alpha value is -3.21. The highest BCUT2D eigenvalue weighted by Crippen LogP contribution is 2.29. The summed E-state index contributed by atoms with van der Waals surface area (Å²) in [6.07, 6.45) is 1.79. The lowest BCUT2D eigenvalue weighted by Crippen LogP contribution is -2.45. The second-order valence-corrected chi connectivity index (χ2v) is 10.4. The van der Waals surface area contributed by atoms with Crippen LogP contribution in [0.15, 0.2) is 48.5 Å². The first kappa shape index (κ1) is 28.8. The van der Waals surface area contributed by atoms with E-state index < -0.39 is 6.04 Å². The number of carbonyl (C=O) groups is 2. The van der Waals surface area contributed by atoms with Crippen molar-refractivity contribution in [3.05, 3.63) is 48.5 Å². The minimum Gasteiger partial charge on any atom is -0.497 e. The van der Waals surface area contributed by atoms with Crippen LogP contribution in [0.1, 0.15) is 26.2 Å². The number of thiocarbonyl (C=S) groups is 1. The lowest BCUT2D eigenvalue weighted by Gasteiger charge is -2.33. The summed E-state index contributed by atoms with van der Waals surface area (Å²) in [5.41, 5.74) is 1.32. The highest BCUT2D eigenvalue weighted by atomic mass is 32.1. The van der Waals surface area contributed by atoms with Gasteiger partial charge in [-0.15, -0.1) is 0 Å². The molecule has 10 heteroatoms. The standard InChI is InChI=1S/C29H39N5O4S/c1-4-20-38-25-10-6-22(7-11-25)30-27(35)21-26-28(36)34(23-8-12-24(37-3)13-9-23)29(39)33(26)15-5-14-32-18-16-31(2)17-19-32/h6-13,26H,4-5,14-21H2,1-3H3,(H,30,35)/t26-/m1/s1. The van der Waals surface area contributed by atoms with Gasteiger partial charge in [0.2, 0.25) is 5.91 Å². The van der Waals surface area contributed by atoms with Gasteiger partial charge in [-0.1, -0.05) is 6.92 Å². The Balaban J connectivity index is 1.44. The van der Waals surface area contributed by atoms with Crippen molar-refractivity contribution in [2.45, 2.75) is 32.2 Å². The lowest BCUT2D eigenvalue weighted by atomic mass is 10.1. The Morgan fingerprint density at radius 2 is 1.67 bits per heavy atom. The summed E-state index contributed by atoms with van der Waals surface area (Å²) in [6.45, 7) is 8.40. The monoisotopic (exact) mass is 553 g/mol. The van der Waals surface area contributed by atoms with Crippen LogP contribution in [0.3, 0.4) is 0 Å². The number of likely N-dealkylation sites (N-methyl/N-ethyl adjacent to an activating group) is 1. The summed E-state index contributed by atoms with van der Waals surface area (Å²) in [5.74, 6) is 1.03. The molecule has 2 heterocycles. The van der Waals surface area contributed by atoms with Crippen LogP contribution in [-0.2, 0) is 9.59 Å². The second-order valence-electron chi connectivity index (χ2n) is 9.99. The maximum atomic E-state index is 13.7. The molecule has 9 nitrogen and oxygen atoms in total. The zero-order valence-corrected chi connectivity index (χ0v) is 23.9. The van der Waals surface area contributed by atoms with Crippen molar-refractivity contribution in [2.75, 3.05) is 70.2 Å². The van der Waals surface area contributed by atoms with Gasteiger partial charge in [-0.2, -0.15) is 0 Å². The predicted octanol–water partition coefficient (Wildman–Crippen LogP) is 3.45. The number of rotatable bonds is 12. The molecule has 0 spiro atoms. The molecule has 2 amide bonds. The van der Waals surface area contributed by atoms with Gasteiger partial charge in [-0.05, 0) is 87.2 Å². The van der Waals surface area contributed by atoms with Gasteiger partial charge < -0.3 is 29.5 Å². The molecular weight excluding hydrogens is 514 g/mol. The number of ether oxygens (including phenoxy) is 2. The fourth-order valence-electron chi connectivity index (χ4n) is 4.83. The van der Waals surface area contributed by atoms with Gasteiger partial charge in [0.15, 0.2) is 5.11 Å². The number of methoxy groups -OCH3 is 1. The third-order valence-corrected chi connectivity index (χ3v) is 7.53. The number of piperazine rings is 1. The molecule has 2 saturated heterocycles. The molecule has 39 heavy (non-hydrogen) atoms. The Labute approximate surface area is 236 Å². The zero-order valence-electron chi connectivity index (χ0n) is 23.1. The van der Waals surface area contributed by atoms with Crippen LogP contribution in [0.25, 0.3) is 0 Å². The zero-order chi connectivity index (χ0) is 27.8. The smallest absolute Gasteiger partial charge is 0.256 e. The van der Waals surface area contributed by atoms with E-state index in [-0.39, 0.29) is 18.2 Å². The number of benzene rings is 2. The first-order valence-corrected chi connectivity index (χ1v) is 14.0. The maximum absolute atomic E-state index is 13.7. The van der Waals surface area contributed by atoms with Gasteiger partial charge in [0.05, 0.1) is 25.8 Å². The Morgan fingerprint density at radius 3 is 2.31 bits per heavy atom. The number of anilines is 2. The molecular formula is C29H39N5O4S. The van der Waals surface area contributed by atoms with Crippen LogP contribution in [-0.4, -0.2) is 97.7 Å². The number of amides is 2. The Bertz CT molecular complexity index is 1120. The molecule has 0 bridgehead atoms. The van der Waals surface area contributed by atoms with E-state index in [1.54, 1.807) is 24.1 Å². The fourth-order valence-corrected chi connectivity index (χ4v) is 5.25. The van der Waals surface area contributed by atoms with Gasteiger partial charge in [0.1, 0.15) is 17.5 Å². The third-order valence-electron chi connectivity index (χ3n) is 7.11. The van der Waals surface area contributed by atoms with E-state index in [0.717, 1.165) is 51.3 Å². The number of hydrogen-bond donors (Lipinski definition) is 1. The van der Waals surface area contributed by atoms with E-state index in [0.29, 0.717) is 35.4 Å². The van der Waals surface area contributed by atoms with E-state index in [1.165, 1.54) is 0 Å². The summed E-state index contributed by atoms with van der Waals surface area (Å²) in [6, 6.07) is 13.8. The summed E-state index contributed by atoms with van der Waals surface area (Å²) in [7, 11) is 3.74. The van der Waals surface area contributed by atoms with E-state index >= 15 is 0 Å². The largest absolute Gasteiger partial charge is 0.497 e. The Kier molecular flexibility index (Phi) is 10.1. The normalized spacial score (nSPS) is 18.5. The highest BCUT2D eigenvalue weighted by molar-refractivity contribution is 7.80. The lowest BCUT2D eigenvalue weighted by molar-refractivity contribution is -0.124. The fraction of sp³-hybridized carbons (Fsp3) is 0.483. The Morgan fingerprint density at radius 1 is 1.00 bits per heavy atom. The van der Waals surface area contributed by atoms with E-state index in [1.807, 2.05) is 41.3 Å². The minimum atomic E-state index is -0.667. The van der Waals surface area contributed by atoms with Gasteiger partial charge >= 0.3 is 0 Å². The van der Waals surface area contributed by atoms with Crippen molar-refractivity contribution in [3.63, 3.8) is 0 Å². The summed E-state index contributed by atoms with van der Waals surface area (Å²) in [4.78, 5) is 35.0. The van der Waals surface area contributed by atoms with Crippen LogP contribution < -0.4 is 19.7 Å². The maximum Gasteiger partial charge on any atom is 0.256 e. The average Bonchev–Trinajstić information content (AvgIpc) is 3.17. The number of carbonyl (C=O) groups excluding carboxylic acids is 2. The number of nitrogens with one attached hydrogen (secondary N) is 1. The van der Waals surface area contributed by atoms with Crippen molar-refractivity contribution in [3.8, 4) is 11.5 Å². The molecule has 0 aliphatic carbocycles. The molecule has 2 aromatic rings. The van der Waals surface area contributed by atoms with Crippen molar-refractivity contribution < 1.29 is 19.1 Å². The molecule has 0 radical (unpaired) electrons. The minimum absolute atomic E-state index is 0.00816. The van der Waals surface area contributed by atoms with Crippen LogP contribution in [0.2, 0.25) is 0 Å². The molecule has 1 atom stereocenters. The molecule has 0 aromatic heterocycles. The van der Waals surface area contributed by atoms with Crippen molar-refractivity contribution in [2.24, 2.45) is 0 Å². The van der Waals surface area contributed by atoms with Crippen molar-refractivity contribution in [1.82, 2.24) is 14.7 Å². The van der Waals surface area contributed by atoms with Gasteiger partial charge in [0, 0.05) is 38.4 Å². The number of hydrogen-bond acceptors (Lipinski definition) is 7. The summed E-state index contributed by atoms with van der Waals surface area (Å²) < 4.78 is 10.9. The van der Waals surface area contributed by atoms with E-state index in [9.17, 15) is 9.59 Å². The van der Waals surface area contributed by atoms with Crippen LogP contribution in [0.4, 0.5) is 11.4 Å². The van der Waals surface area contributed by atoms with Crippen molar-refractivity contribution in [1.29, 1.82) is 0 Å². The summed E-state index contributed by atoms with van der Waals surface area (Å²) >= 11 is 5.81. The molecule has 0 saturated carbocycles. The summed E-state index contributed by atoms with van der Waals surface area (Å²) in [5, 5.41) is 3.35. The highest BCUT2D eigenvalue weighted by Gasteiger charge is 2.43. The molecule has 2 aliphatic heterocycles. The molecule has 4 rings (SSSR count). The molecule has 2 aromatic carbocycles. The SMILES string of the molecule is CCCOc1ccc(NC(=O)C[C@@H]2C(=O)N(c3ccc(OC)cc3)C(=S)N2CCCN2CCN(C)CC2)cc1. The topological polar surface area (TPSA) is 77.6 Å². The first-order valence-electron chi connectivity index (χ1n) is 13.6. The van der Waals surface area contributed by atoms with Crippen LogP contribution >= 0.6 is 12.2 Å². The number of nitrogens with zero attached hydrogens (tertiary/aromatic N) is 4. The first-order chi connectivity index (χ1) is 18.9. The second kappa shape index (κ2) is 13.7. The molecule has 210 valence electrons. The molecule has 1 N–H and O–H groups in total.